The molecule has 21 heavy (non-hydrogen) atoms. The number of amides is 1. The van der Waals surface area contributed by atoms with Gasteiger partial charge in [-0.25, -0.2) is 4.68 Å². The molecular formula is C13H10Cl3N3O2. The predicted octanol–water partition coefficient (Wildman–Crippen LogP) is 2.52. The lowest BCUT2D eigenvalue weighted by Crippen LogP contribution is -2.33. The molecule has 1 amide bonds. The lowest BCUT2D eigenvalue weighted by molar-refractivity contribution is -0.122. The van der Waals surface area contributed by atoms with Crippen LogP contribution in [-0.4, -0.2) is 15.7 Å². The van der Waals surface area contributed by atoms with Crippen molar-refractivity contribution in [3.05, 3.63) is 61.4 Å². The summed E-state index contributed by atoms with van der Waals surface area (Å²) in [5.41, 5.74) is 0.285. The zero-order valence-corrected chi connectivity index (χ0v) is 12.9. The second-order valence-corrected chi connectivity index (χ2v) is 5.39. The first kappa shape index (κ1) is 15.8. The number of rotatable bonds is 4. The molecule has 1 N–H and O–H groups in total. The lowest BCUT2D eigenvalue weighted by atomic mass is 10.2. The van der Waals surface area contributed by atoms with Crippen LogP contribution in [0.3, 0.4) is 0 Å². The summed E-state index contributed by atoms with van der Waals surface area (Å²) in [6.45, 7) is 0.0926. The molecule has 1 heterocycles. The molecule has 0 radical (unpaired) electrons. The molecule has 0 bridgehead atoms. The number of carbonyl (C=O) groups excluding carboxylic acids is 1. The first-order valence-corrected chi connectivity index (χ1v) is 7.03. The third kappa shape index (κ3) is 4.20. The Morgan fingerprint density at radius 1 is 1.19 bits per heavy atom. The molecule has 110 valence electrons. The van der Waals surface area contributed by atoms with E-state index < -0.39 is 5.56 Å². The summed E-state index contributed by atoms with van der Waals surface area (Å²) in [4.78, 5) is 23.5. The molecular weight excluding hydrogens is 337 g/mol. The monoisotopic (exact) mass is 345 g/mol. The summed E-state index contributed by atoms with van der Waals surface area (Å²) in [5, 5.41) is 6.95. The molecule has 1 aromatic heterocycles. The van der Waals surface area contributed by atoms with Gasteiger partial charge >= 0.3 is 0 Å². The number of carbonyl (C=O) groups is 1. The predicted molar refractivity (Wildman–Crippen MR) is 81.8 cm³/mol. The second kappa shape index (κ2) is 6.93. The number of hydrogen-bond donors (Lipinski definition) is 1. The van der Waals surface area contributed by atoms with Crippen LogP contribution >= 0.6 is 34.8 Å². The van der Waals surface area contributed by atoms with Gasteiger partial charge in [-0.1, -0.05) is 46.9 Å². The summed E-state index contributed by atoms with van der Waals surface area (Å²) < 4.78 is 0.950. The maximum atomic E-state index is 11.8. The minimum absolute atomic E-state index is 0.0551. The summed E-state index contributed by atoms with van der Waals surface area (Å²) in [7, 11) is 0. The molecule has 2 aromatic rings. The fraction of sp³-hybridized carbons (Fsp3) is 0.154. The molecule has 0 unspecified atom stereocenters. The molecule has 0 aliphatic heterocycles. The first-order chi connectivity index (χ1) is 9.97. The van der Waals surface area contributed by atoms with Crippen LogP contribution in [0.25, 0.3) is 0 Å². The van der Waals surface area contributed by atoms with Gasteiger partial charge in [0.25, 0.3) is 5.56 Å². The van der Waals surface area contributed by atoms with E-state index in [1.165, 1.54) is 6.20 Å². The van der Waals surface area contributed by atoms with E-state index in [1.807, 2.05) is 0 Å². The normalized spacial score (nSPS) is 10.4. The molecule has 0 aliphatic rings. The molecule has 0 spiro atoms. The highest BCUT2D eigenvalue weighted by molar-refractivity contribution is 6.41. The van der Waals surface area contributed by atoms with Crippen LogP contribution in [0.4, 0.5) is 0 Å². The van der Waals surface area contributed by atoms with Crippen molar-refractivity contribution in [3.63, 3.8) is 0 Å². The van der Waals surface area contributed by atoms with Crippen molar-refractivity contribution >= 4 is 40.7 Å². The molecule has 0 aliphatic carbocycles. The van der Waals surface area contributed by atoms with Crippen LogP contribution in [0.1, 0.15) is 5.56 Å². The maximum absolute atomic E-state index is 11.8. The Morgan fingerprint density at radius 3 is 2.52 bits per heavy atom. The Labute approximate surface area is 135 Å². The molecule has 5 nitrogen and oxygen atoms in total. The summed E-state index contributed by atoms with van der Waals surface area (Å²) in [6.07, 6.45) is 1.22. The zero-order chi connectivity index (χ0) is 15.4. The van der Waals surface area contributed by atoms with Gasteiger partial charge in [-0.3, -0.25) is 9.59 Å². The molecule has 0 saturated carbocycles. The van der Waals surface area contributed by atoms with Crippen LogP contribution in [-0.2, 0) is 17.9 Å². The highest BCUT2D eigenvalue weighted by Gasteiger charge is 2.10. The molecule has 0 fully saturated rings. The van der Waals surface area contributed by atoms with Crippen LogP contribution in [0.2, 0.25) is 15.1 Å². The second-order valence-electron chi connectivity index (χ2n) is 4.17. The van der Waals surface area contributed by atoms with E-state index in [-0.39, 0.29) is 22.5 Å². The highest BCUT2D eigenvalue weighted by Crippen LogP contribution is 2.14. The van der Waals surface area contributed by atoms with E-state index in [4.69, 9.17) is 34.8 Å². The zero-order valence-electron chi connectivity index (χ0n) is 10.6. The molecule has 8 heteroatoms. The summed E-state index contributed by atoms with van der Waals surface area (Å²) in [5.74, 6) is -0.363. The van der Waals surface area contributed by atoms with Crippen LogP contribution in [0.15, 0.2) is 35.3 Å². The first-order valence-electron chi connectivity index (χ1n) is 5.89. The minimum Gasteiger partial charge on any atom is -0.350 e. The van der Waals surface area contributed by atoms with Gasteiger partial charge in [-0.15, -0.1) is 0 Å². The van der Waals surface area contributed by atoms with E-state index in [0.717, 1.165) is 10.2 Å². The van der Waals surface area contributed by atoms with Gasteiger partial charge in [-0.05, 0) is 17.7 Å². The molecule has 0 atom stereocenters. The number of hydrogen-bond acceptors (Lipinski definition) is 3. The Bertz CT molecular complexity index is 714. The van der Waals surface area contributed by atoms with Crippen molar-refractivity contribution in [1.82, 2.24) is 15.1 Å². The van der Waals surface area contributed by atoms with E-state index in [0.29, 0.717) is 11.6 Å². The van der Waals surface area contributed by atoms with Gasteiger partial charge in [0, 0.05) is 11.6 Å². The van der Waals surface area contributed by atoms with Gasteiger partial charge in [0.05, 0.1) is 11.2 Å². The SMILES string of the molecule is O=C(Cn1ncc(Cl)c(Cl)c1=O)NCc1ccc(Cl)cc1. The quantitative estimate of drug-likeness (QED) is 0.925. The number of benzene rings is 1. The van der Waals surface area contributed by atoms with Gasteiger partial charge in [0.15, 0.2) is 0 Å². The topological polar surface area (TPSA) is 64.0 Å². The third-order valence-electron chi connectivity index (χ3n) is 2.64. The van der Waals surface area contributed by atoms with Crippen molar-refractivity contribution in [1.29, 1.82) is 0 Å². The Hall–Kier alpha value is -1.56. The van der Waals surface area contributed by atoms with Gasteiger partial charge in [0.2, 0.25) is 5.91 Å². The maximum Gasteiger partial charge on any atom is 0.287 e. The Kier molecular flexibility index (Phi) is 5.22. The average Bonchev–Trinajstić information content (AvgIpc) is 2.47. The summed E-state index contributed by atoms with van der Waals surface area (Å²) in [6, 6.07) is 7.06. The smallest absolute Gasteiger partial charge is 0.287 e. The van der Waals surface area contributed by atoms with Crippen molar-refractivity contribution in [2.45, 2.75) is 13.1 Å². The number of nitrogens with zero attached hydrogens (tertiary/aromatic N) is 2. The largest absolute Gasteiger partial charge is 0.350 e. The lowest BCUT2D eigenvalue weighted by Gasteiger charge is -2.07. The van der Waals surface area contributed by atoms with E-state index in [1.54, 1.807) is 24.3 Å². The third-order valence-corrected chi connectivity index (χ3v) is 3.64. The van der Waals surface area contributed by atoms with Gasteiger partial charge < -0.3 is 5.32 Å². The molecule has 2 rings (SSSR count). The van der Waals surface area contributed by atoms with Crippen molar-refractivity contribution in [2.75, 3.05) is 0 Å². The average molecular weight is 347 g/mol. The highest BCUT2D eigenvalue weighted by atomic mass is 35.5. The van der Waals surface area contributed by atoms with E-state index in [9.17, 15) is 9.59 Å². The van der Waals surface area contributed by atoms with Crippen molar-refractivity contribution < 1.29 is 4.79 Å². The number of halogens is 3. The molecule has 0 saturated heterocycles. The van der Waals surface area contributed by atoms with Crippen LogP contribution < -0.4 is 10.9 Å². The van der Waals surface area contributed by atoms with Crippen molar-refractivity contribution in [2.24, 2.45) is 0 Å². The standard InChI is InChI=1S/C13H10Cl3N3O2/c14-9-3-1-8(2-4-9)5-17-11(20)7-19-13(21)12(16)10(15)6-18-19/h1-4,6H,5,7H2,(H,17,20). The number of aromatic nitrogens is 2. The fourth-order valence-corrected chi connectivity index (χ4v) is 1.95. The summed E-state index contributed by atoms with van der Waals surface area (Å²) >= 11 is 17.1. The van der Waals surface area contributed by atoms with Gasteiger partial charge in [0.1, 0.15) is 11.6 Å². The van der Waals surface area contributed by atoms with Gasteiger partial charge in [-0.2, -0.15) is 5.10 Å². The number of nitrogens with one attached hydrogen (secondary N) is 1. The van der Waals surface area contributed by atoms with E-state index in [2.05, 4.69) is 10.4 Å². The van der Waals surface area contributed by atoms with E-state index >= 15 is 0 Å². The minimum atomic E-state index is -0.606. The fourth-order valence-electron chi connectivity index (χ4n) is 1.55. The van der Waals surface area contributed by atoms with Crippen molar-refractivity contribution in [3.8, 4) is 0 Å². The Morgan fingerprint density at radius 2 is 1.86 bits per heavy atom. The van der Waals surface area contributed by atoms with Crippen LogP contribution in [0, 0.1) is 0 Å². The molecule has 1 aromatic carbocycles. The van der Waals surface area contributed by atoms with Crippen LogP contribution in [0.5, 0.6) is 0 Å². The Balaban J connectivity index is 1.98.